The van der Waals surface area contributed by atoms with Crippen molar-refractivity contribution < 1.29 is 22.7 Å². The highest BCUT2D eigenvalue weighted by Crippen LogP contribution is 2.24. The molecule has 0 spiro atoms. The van der Waals surface area contributed by atoms with E-state index in [1.54, 1.807) is 13.8 Å². The fraction of sp³-hybridized carbons (Fsp3) is 0.556. The van der Waals surface area contributed by atoms with Crippen molar-refractivity contribution in [1.29, 1.82) is 0 Å². The van der Waals surface area contributed by atoms with E-state index < -0.39 is 34.0 Å². The summed E-state index contributed by atoms with van der Waals surface area (Å²) in [7, 11) is -2.33. The minimum atomic E-state index is -3.78. The number of rotatable bonds is 8. The van der Waals surface area contributed by atoms with Gasteiger partial charge in [0.25, 0.3) is 5.91 Å². The number of amides is 1. The Kier molecular flexibility index (Phi) is 7.83. The standard InChI is InChI=1S/C18H27ClN2O5S/c1-7-18(4,5)20-16(22)11-26-17(23)14-10-13(8-9-15(14)19)27(24,25)21(6)12(2)3/h8-10,12H,7,11H2,1-6H3,(H,20,22). The highest BCUT2D eigenvalue weighted by Gasteiger charge is 2.26. The second-order valence-corrected chi connectivity index (χ2v) is 9.52. The van der Waals surface area contributed by atoms with Crippen molar-refractivity contribution in [1.82, 2.24) is 9.62 Å². The van der Waals surface area contributed by atoms with Crippen molar-refractivity contribution in [2.24, 2.45) is 0 Å². The summed E-state index contributed by atoms with van der Waals surface area (Å²) in [6.45, 7) is 8.61. The van der Waals surface area contributed by atoms with Crippen LogP contribution < -0.4 is 5.32 Å². The number of nitrogens with zero attached hydrogens (tertiary/aromatic N) is 1. The summed E-state index contributed by atoms with van der Waals surface area (Å²) in [5.41, 5.74) is -0.534. The molecule has 0 atom stereocenters. The Balaban J connectivity index is 2.98. The van der Waals surface area contributed by atoms with Crippen LogP contribution >= 0.6 is 11.6 Å². The molecule has 0 saturated heterocycles. The van der Waals surface area contributed by atoms with Crippen LogP contribution in [0.15, 0.2) is 23.1 Å². The van der Waals surface area contributed by atoms with Crippen LogP contribution in [0.1, 0.15) is 51.4 Å². The molecular weight excluding hydrogens is 392 g/mol. The predicted molar refractivity (Wildman–Crippen MR) is 104 cm³/mol. The summed E-state index contributed by atoms with van der Waals surface area (Å²) in [6, 6.07) is 3.54. The Morgan fingerprint density at radius 3 is 2.41 bits per heavy atom. The van der Waals surface area contributed by atoms with Crippen LogP contribution in [0.2, 0.25) is 5.02 Å². The van der Waals surface area contributed by atoms with Crippen LogP contribution in [-0.2, 0) is 19.6 Å². The van der Waals surface area contributed by atoms with Crippen molar-refractivity contribution in [2.45, 2.75) is 57.5 Å². The summed E-state index contributed by atoms with van der Waals surface area (Å²) in [4.78, 5) is 24.1. The molecule has 152 valence electrons. The van der Waals surface area contributed by atoms with Crippen molar-refractivity contribution in [2.75, 3.05) is 13.7 Å². The van der Waals surface area contributed by atoms with Crippen LogP contribution in [0.25, 0.3) is 0 Å². The van der Waals surface area contributed by atoms with Crippen LogP contribution in [0.5, 0.6) is 0 Å². The van der Waals surface area contributed by atoms with Gasteiger partial charge in [0.15, 0.2) is 6.61 Å². The average Bonchev–Trinajstić information content (AvgIpc) is 2.58. The average molecular weight is 419 g/mol. The molecule has 0 aromatic heterocycles. The van der Waals surface area contributed by atoms with Gasteiger partial charge in [-0.2, -0.15) is 4.31 Å². The molecule has 1 aromatic carbocycles. The lowest BCUT2D eigenvalue weighted by Crippen LogP contribution is -2.44. The third-order valence-corrected chi connectivity index (χ3v) is 6.62. The molecule has 1 aromatic rings. The van der Waals surface area contributed by atoms with Crippen LogP contribution in [-0.4, -0.2) is 49.8 Å². The fourth-order valence-electron chi connectivity index (χ4n) is 1.98. The normalized spacial score (nSPS) is 12.3. The molecule has 0 unspecified atom stereocenters. The smallest absolute Gasteiger partial charge is 0.340 e. The summed E-state index contributed by atoms with van der Waals surface area (Å²) in [6.07, 6.45) is 0.710. The Labute approximate surface area is 166 Å². The zero-order valence-electron chi connectivity index (χ0n) is 16.5. The molecule has 9 heteroatoms. The van der Waals surface area contributed by atoms with Gasteiger partial charge >= 0.3 is 5.97 Å². The molecule has 7 nitrogen and oxygen atoms in total. The zero-order chi connectivity index (χ0) is 21.0. The Bertz CT molecular complexity index is 806. The summed E-state index contributed by atoms with van der Waals surface area (Å²) < 4.78 is 31.3. The first kappa shape index (κ1) is 23.4. The number of carbonyl (C=O) groups is 2. The first-order valence-corrected chi connectivity index (χ1v) is 10.4. The van der Waals surface area contributed by atoms with Crippen LogP contribution in [0.4, 0.5) is 0 Å². The number of ether oxygens (including phenoxy) is 1. The van der Waals surface area contributed by atoms with Crippen molar-refractivity contribution in [3.8, 4) is 0 Å². The quantitative estimate of drug-likeness (QED) is 0.655. The molecule has 0 aliphatic heterocycles. The maximum absolute atomic E-state index is 12.6. The molecule has 27 heavy (non-hydrogen) atoms. The van der Waals surface area contributed by atoms with E-state index in [0.29, 0.717) is 6.42 Å². The summed E-state index contributed by atoms with van der Waals surface area (Å²) >= 11 is 6.02. The molecule has 0 heterocycles. The summed E-state index contributed by atoms with van der Waals surface area (Å²) in [5.74, 6) is -1.32. The first-order valence-electron chi connectivity index (χ1n) is 8.57. The van der Waals surface area contributed by atoms with Gasteiger partial charge in [0.1, 0.15) is 0 Å². The van der Waals surface area contributed by atoms with Gasteiger partial charge in [-0.05, 0) is 52.3 Å². The summed E-state index contributed by atoms with van der Waals surface area (Å²) in [5, 5.41) is 2.78. The Morgan fingerprint density at radius 1 is 1.30 bits per heavy atom. The number of nitrogens with one attached hydrogen (secondary N) is 1. The molecule has 0 fully saturated rings. The molecule has 0 saturated carbocycles. The molecule has 0 aliphatic carbocycles. The number of carbonyl (C=O) groups excluding carboxylic acids is 2. The maximum atomic E-state index is 12.6. The number of hydrogen-bond acceptors (Lipinski definition) is 5. The van der Waals surface area contributed by atoms with E-state index in [1.807, 2.05) is 20.8 Å². The van der Waals surface area contributed by atoms with Crippen molar-refractivity contribution in [3.05, 3.63) is 28.8 Å². The van der Waals surface area contributed by atoms with Gasteiger partial charge < -0.3 is 10.1 Å². The molecule has 0 bridgehead atoms. The van der Waals surface area contributed by atoms with Gasteiger partial charge in [0.05, 0.1) is 15.5 Å². The molecule has 1 rings (SSSR count). The SMILES string of the molecule is CCC(C)(C)NC(=O)COC(=O)c1cc(S(=O)(=O)N(C)C(C)C)ccc1Cl. The van der Waals surface area contributed by atoms with Gasteiger partial charge in [-0.3, -0.25) is 4.79 Å². The van der Waals surface area contributed by atoms with E-state index in [9.17, 15) is 18.0 Å². The first-order chi connectivity index (χ1) is 12.3. The molecular formula is C18H27ClN2O5S. The molecule has 1 amide bonds. The minimum Gasteiger partial charge on any atom is -0.452 e. The van der Waals surface area contributed by atoms with E-state index in [4.69, 9.17) is 16.3 Å². The second-order valence-electron chi connectivity index (χ2n) is 7.12. The zero-order valence-corrected chi connectivity index (χ0v) is 18.1. The lowest BCUT2D eigenvalue weighted by Gasteiger charge is -2.24. The molecule has 0 radical (unpaired) electrons. The number of benzene rings is 1. The lowest BCUT2D eigenvalue weighted by molar-refractivity contribution is -0.125. The highest BCUT2D eigenvalue weighted by atomic mass is 35.5. The topological polar surface area (TPSA) is 92.8 Å². The van der Waals surface area contributed by atoms with E-state index in [-0.39, 0.29) is 21.5 Å². The number of halogens is 1. The third-order valence-electron chi connectivity index (χ3n) is 4.26. The largest absolute Gasteiger partial charge is 0.452 e. The predicted octanol–water partition coefficient (Wildman–Crippen LogP) is 2.83. The number of sulfonamides is 1. The maximum Gasteiger partial charge on any atom is 0.340 e. The second kappa shape index (κ2) is 9.03. The van der Waals surface area contributed by atoms with Gasteiger partial charge in [0.2, 0.25) is 10.0 Å². The highest BCUT2D eigenvalue weighted by molar-refractivity contribution is 7.89. The van der Waals surface area contributed by atoms with E-state index in [1.165, 1.54) is 23.5 Å². The number of hydrogen-bond donors (Lipinski definition) is 1. The van der Waals surface area contributed by atoms with E-state index in [0.717, 1.165) is 6.07 Å². The fourth-order valence-corrected chi connectivity index (χ4v) is 3.56. The van der Waals surface area contributed by atoms with Gasteiger partial charge in [-0.1, -0.05) is 18.5 Å². The third kappa shape index (κ3) is 6.19. The van der Waals surface area contributed by atoms with Gasteiger partial charge in [-0.25, -0.2) is 13.2 Å². The van der Waals surface area contributed by atoms with Gasteiger partial charge in [-0.15, -0.1) is 0 Å². The van der Waals surface area contributed by atoms with Crippen molar-refractivity contribution >= 4 is 33.5 Å². The van der Waals surface area contributed by atoms with Crippen LogP contribution in [0, 0.1) is 0 Å². The van der Waals surface area contributed by atoms with Crippen molar-refractivity contribution in [3.63, 3.8) is 0 Å². The molecule has 1 N–H and O–H groups in total. The molecule has 0 aliphatic rings. The lowest BCUT2D eigenvalue weighted by atomic mass is 10.0. The van der Waals surface area contributed by atoms with E-state index >= 15 is 0 Å². The van der Waals surface area contributed by atoms with Gasteiger partial charge in [0, 0.05) is 18.6 Å². The van der Waals surface area contributed by atoms with E-state index in [2.05, 4.69) is 5.32 Å². The minimum absolute atomic E-state index is 0.0421. The number of esters is 1. The monoisotopic (exact) mass is 418 g/mol. The Morgan fingerprint density at radius 2 is 1.89 bits per heavy atom. The van der Waals surface area contributed by atoms with Crippen LogP contribution in [0.3, 0.4) is 0 Å². The Hall–Kier alpha value is -1.64.